The van der Waals surface area contributed by atoms with Crippen LogP contribution in [-0.4, -0.2) is 50.1 Å². The van der Waals surface area contributed by atoms with Crippen LogP contribution >= 0.6 is 0 Å². The molecule has 0 saturated heterocycles. The van der Waals surface area contributed by atoms with Gasteiger partial charge in [-0.3, -0.25) is 9.59 Å². The molecule has 0 aliphatic heterocycles. The van der Waals surface area contributed by atoms with Crippen molar-refractivity contribution in [3.05, 3.63) is 0 Å². The molecule has 1 unspecified atom stereocenters. The highest BCUT2D eigenvalue weighted by atomic mass is 16.5. The molecular formula is C11H22N2O3. The molecule has 0 aromatic rings. The lowest BCUT2D eigenvalue weighted by Gasteiger charge is -2.20. The fraction of sp³-hybridized carbons (Fsp3) is 0.818. The van der Waals surface area contributed by atoms with Crippen LogP contribution in [0.15, 0.2) is 0 Å². The van der Waals surface area contributed by atoms with Gasteiger partial charge in [-0.25, -0.2) is 0 Å². The van der Waals surface area contributed by atoms with E-state index in [0.717, 1.165) is 0 Å². The molecule has 0 heterocycles. The summed E-state index contributed by atoms with van der Waals surface area (Å²) in [6.45, 7) is 5.10. The molecule has 0 bridgehead atoms. The fourth-order valence-electron chi connectivity index (χ4n) is 1.23. The highest BCUT2D eigenvalue weighted by Gasteiger charge is 2.15. The van der Waals surface area contributed by atoms with Crippen molar-refractivity contribution in [1.29, 1.82) is 0 Å². The van der Waals surface area contributed by atoms with Crippen LogP contribution in [0.3, 0.4) is 0 Å². The van der Waals surface area contributed by atoms with E-state index in [0.29, 0.717) is 25.9 Å². The van der Waals surface area contributed by atoms with Crippen LogP contribution in [0.4, 0.5) is 0 Å². The predicted octanol–water partition coefficient (Wildman–Crippen LogP) is 0.396. The summed E-state index contributed by atoms with van der Waals surface area (Å²) >= 11 is 0. The highest BCUT2D eigenvalue weighted by Crippen LogP contribution is 1.94. The van der Waals surface area contributed by atoms with E-state index in [4.69, 9.17) is 0 Å². The topological polar surface area (TPSA) is 58.6 Å². The zero-order valence-electron chi connectivity index (χ0n) is 10.6. The molecule has 0 aromatic heterocycles. The Balaban J connectivity index is 3.69. The van der Waals surface area contributed by atoms with Gasteiger partial charge in [-0.15, -0.1) is 0 Å². The number of ether oxygens (including phenoxy) is 1. The van der Waals surface area contributed by atoms with Gasteiger partial charge in [-0.2, -0.15) is 0 Å². The average Bonchev–Trinajstić information content (AvgIpc) is 2.31. The lowest BCUT2D eigenvalue weighted by atomic mass is 10.2. The molecule has 1 atom stereocenters. The van der Waals surface area contributed by atoms with Crippen molar-refractivity contribution in [3.63, 3.8) is 0 Å². The Labute approximate surface area is 97.1 Å². The molecule has 0 rings (SSSR count). The van der Waals surface area contributed by atoms with Crippen LogP contribution < -0.4 is 5.32 Å². The van der Waals surface area contributed by atoms with Crippen LogP contribution in [0.1, 0.15) is 26.7 Å². The summed E-state index contributed by atoms with van der Waals surface area (Å²) in [6.07, 6.45) is 1.06. The second kappa shape index (κ2) is 8.10. The zero-order valence-corrected chi connectivity index (χ0v) is 10.6. The van der Waals surface area contributed by atoms with Crippen molar-refractivity contribution in [3.8, 4) is 0 Å². The Bertz CT molecular complexity index is 231. The van der Waals surface area contributed by atoms with E-state index in [1.165, 1.54) is 7.11 Å². The smallest absolute Gasteiger partial charge is 0.305 e. The lowest BCUT2D eigenvalue weighted by molar-refractivity contribution is -0.140. The Morgan fingerprint density at radius 1 is 1.44 bits per heavy atom. The third-order valence-electron chi connectivity index (χ3n) is 2.46. The van der Waals surface area contributed by atoms with E-state index in [-0.39, 0.29) is 17.9 Å². The van der Waals surface area contributed by atoms with Gasteiger partial charge < -0.3 is 15.0 Å². The summed E-state index contributed by atoms with van der Waals surface area (Å²) in [7, 11) is 3.15. The second-order valence-corrected chi connectivity index (χ2v) is 3.71. The molecule has 5 nitrogen and oxygen atoms in total. The summed E-state index contributed by atoms with van der Waals surface area (Å²) in [4.78, 5) is 24.1. The third-order valence-corrected chi connectivity index (χ3v) is 2.46. The number of hydrogen-bond acceptors (Lipinski definition) is 4. The molecular weight excluding hydrogens is 208 g/mol. The largest absolute Gasteiger partial charge is 0.469 e. The summed E-state index contributed by atoms with van der Waals surface area (Å²) in [6, 6.07) is -0.206. The standard InChI is InChI=1S/C11H22N2O3/c1-5-13(3)11(15)9(2)12-8-6-7-10(14)16-4/h9,12H,5-8H2,1-4H3. The Kier molecular flexibility index (Phi) is 7.54. The van der Waals surface area contributed by atoms with E-state index in [2.05, 4.69) is 10.1 Å². The molecule has 1 amide bonds. The number of carbonyl (C=O) groups excluding carboxylic acids is 2. The van der Waals surface area contributed by atoms with Crippen LogP contribution in [0.25, 0.3) is 0 Å². The maximum Gasteiger partial charge on any atom is 0.305 e. The third kappa shape index (κ3) is 5.70. The summed E-state index contributed by atoms with van der Waals surface area (Å²) in [5, 5.41) is 3.08. The summed E-state index contributed by atoms with van der Waals surface area (Å²) in [5.41, 5.74) is 0. The summed E-state index contributed by atoms with van der Waals surface area (Å²) < 4.78 is 4.52. The number of likely N-dealkylation sites (N-methyl/N-ethyl adjacent to an activating group) is 1. The quantitative estimate of drug-likeness (QED) is 0.508. The van der Waals surface area contributed by atoms with Crippen molar-refractivity contribution in [2.45, 2.75) is 32.7 Å². The Morgan fingerprint density at radius 2 is 2.06 bits per heavy atom. The van der Waals surface area contributed by atoms with Gasteiger partial charge in [0.15, 0.2) is 0 Å². The minimum atomic E-state index is -0.216. The van der Waals surface area contributed by atoms with Gasteiger partial charge in [0.2, 0.25) is 5.91 Å². The molecule has 0 saturated carbocycles. The van der Waals surface area contributed by atoms with Gasteiger partial charge in [-0.05, 0) is 26.8 Å². The first-order valence-electron chi connectivity index (χ1n) is 5.58. The number of rotatable bonds is 7. The molecule has 0 aromatic carbocycles. The monoisotopic (exact) mass is 230 g/mol. The lowest BCUT2D eigenvalue weighted by Crippen LogP contribution is -2.43. The highest BCUT2D eigenvalue weighted by molar-refractivity contribution is 5.81. The molecule has 0 aliphatic rings. The molecule has 5 heteroatoms. The van der Waals surface area contributed by atoms with E-state index >= 15 is 0 Å². The zero-order chi connectivity index (χ0) is 12.6. The second-order valence-electron chi connectivity index (χ2n) is 3.71. The number of amides is 1. The normalized spacial score (nSPS) is 12.0. The predicted molar refractivity (Wildman–Crippen MR) is 62.0 cm³/mol. The number of esters is 1. The Morgan fingerprint density at radius 3 is 2.56 bits per heavy atom. The molecule has 0 aliphatic carbocycles. The SMILES string of the molecule is CCN(C)C(=O)C(C)NCCCC(=O)OC. The van der Waals surface area contributed by atoms with Gasteiger partial charge in [0.05, 0.1) is 13.2 Å². The van der Waals surface area contributed by atoms with Gasteiger partial charge in [0, 0.05) is 20.0 Å². The molecule has 1 N–H and O–H groups in total. The summed E-state index contributed by atoms with van der Waals surface area (Å²) in [5.74, 6) is -0.146. The number of carbonyl (C=O) groups is 2. The van der Waals surface area contributed by atoms with Crippen molar-refractivity contribution < 1.29 is 14.3 Å². The number of hydrogen-bond donors (Lipinski definition) is 1. The number of nitrogens with zero attached hydrogens (tertiary/aromatic N) is 1. The van der Waals surface area contributed by atoms with E-state index in [1.807, 2.05) is 13.8 Å². The Hall–Kier alpha value is -1.10. The van der Waals surface area contributed by atoms with Crippen LogP contribution in [0.5, 0.6) is 0 Å². The fourth-order valence-corrected chi connectivity index (χ4v) is 1.23. The number of nitrogens with one attached hydrogen (secondary N) is 1. The van der Waals surface area contributed by atoms with Gasteiger partial charge in [-0.1, -0.05) is 0 Å². The number of methoxy groups -OCH3 is 1. The maximum absolute atomic E-state index is 11.6. The minimum absolute atomic E-state index is 0.0700. The van der Waals surface area contributed by atoms with Crippen molar-refractivity contribution in [1.82, 2.24) is 10.2 Å². The van der Waals surface area contributed by atoms with Crippen LogP contribution in [-0.2, 0) is 14.3 Å². The first-order chi connectivity index (χ1) is 7.52. The van der Waals surface area contributed by atoms with Crippen LogP contribution in [0, 0.1) is 0 Å². The molecule has 0 spiro atoms. The van der Waals surface area contributed by atoms with Gasteiger partial charge in [0.1, 0.15) is 0 Å². The van der Waals surface area contributed by atoms with Crippen LogP contribution in [0.2, 0.25) is 0 Å². The first kappa shape index (κ1) is 14.9. The molecule has 94 valence electrons. The van der Waals surface area contributed by atoms with E-state index in [1.54, 1.807) is 11.9 Å². The minimum Gasteiger partial charge on any atom is -0.469 e. The van der Waals surface area contributed by atoms with E-state index < -0.39 is 0 Å². The van der Waals surface area contributed by atoms with Crippen molar-refractivity contribution in [2.24, 2.45) is 0 Å². The van der Waals surface area contributed by atoms with Gasteiger partial charge >= 0.3 is 5.97 Å². The molecule has 0 radical (unpaired) electrons. The molecule has 16 heavy (non-hydrogen) atoms. The molecule has 0 fully saturated rings. The first-order valence-corrected chi connectivity index (χ1v) is 5.58. The van der Waals surface area contributed by atoms with Crippen molar-refractivity contribution in [2.75, 3.05) is 27.2 Å². The van der Waals surface area contributed by atoms with Crippen molar-refractivity contribution >= 4 is 11.9 Å². The maximum atomic E-state index is 11.6. The average molecular weight is 230 g/mol. The van der Waals surface area contributed by atoms with Gasteiger partial charge in [0.25, 0.3) is 0 Å². The van der Waals surface area contributed by atoms with E-state index in [9.17, 15) is 9.59 Å².